The van der Waals surface area contributed by atoms with E-state index in [1.54, 1.807) is 10.4 Å². The molecule has 0 saturated carbocycles. The van der Waals surface area contributed by atoms with Crippen LogP contribution in [0.15, 0.2) is 40.6 Å². The van der Waals surface area contributed by atoms with Crippen molar-refractivity contribution < 1.29 is 8.42 Å². The van der Waals surface area contributed by atoms with E-state index in [1.165, 1.54) is 22.6 Å². The lowest BCUT2D eigenvalue weighted by Crippen LogP contribution is -2.48. The molecule has 1 saturated heterocycles. The average Bonchev–Trinajstić information content (AvgIpc) is 3.12. The van der Waals surface area contributed by atoms with Gasteiger partial charge in [0.1, 0.15) is 4.21 Å². The predicted octanol–water partition coefficient (Wildman–Crippen LogP) is 3.38. The number of piperazine rings is 1. The molecule has 0 atom stereocenters. The highest BCUT2D eigenvalue weighted by Crippen LogP contribution is 2.28. The highest BCUT2D eigenvalue weighted by Gasteiger charge is 2.30. The van der Waals surface area contributed by atoms with Gasteiger partial charge in [-0.2, -0.15) is 4.31 Å². The maximum absolute atomic E-state index is 12.8. The number of aryl methyl sites for hydroxylation is 2. The highest BCUT2D eigenvalue weighted by molar-refractivity contribution is 7.91. The van der Waals surface area contributed by atoms with Gasteiger partial charge in [0.15, 0.2) is 0 Å². The van der Waals surface area contributed by atoms with Gasteiger partial charge in [0.25, 0.3) is 10.0 Å². The lowest BCUT2D eigenvalue weighted by Gasteiger charge is -2.36. The second kappa shape index (κ2) is 7.25. The molecule has 1 aliphatic rings. The van der Waals surface area contributed by atoms with Gasteiger partial charge in [-0.15, -0.1) is 11.3 Å². The van der Waals surface area contributed by atoms with E-state index in [2.05, 4.69) is 36.1 Å². The molecule has 3 rings (SSSR count). The van der Waals surface area contributed by atoms with Gasteiger partial charge < -0.3 is 4.90 Å². The van der Waals surface area contributed by atoms with Crippen LogP contribution in [-0.2, 0) is 22.9 Å². The van der Waals surface area contributed by atoms with Crippen molar-refractivity contribution in [1.82, 2.24) is 4.31 Å². The van der Waals surface area contributed by atoms with Crippen LogP contribution in [-0.4, -0.2) is 38.9 Å². The van der Waals surface area contributed by atoms with Gasteiger partial charge in [-0.25, -0.2) is 8.42 Å². The van der Waals surface area contributed by atoms with Crippen molar-refractivity contribution in [2.45, 2.75) is 30.9 Å². The molecule has 0 unspecified atom stereocenters. The predicted molar refractivity (Wildman–Crippen MR) is 100 cm³/mol. The second-order valence-electron chi connectivity index (χ2n) is 5.95. The summed E-state index contributed by atoms with van der Waals surface area (Å²) in [5.74, 6) is 0. The van der Waals surface area contributed by atoms with Crippen LogP contribution in [0.4, 0.5) is 5.69 Å². The lowest BCUT2D eigenvalue weighted by molar-refractivity contribution is 0.385. The van der Waals surface area contributed by atoms with Crippen LogP contribution in [0.1, 0.15) is 24.3 Å². The van der Waals surface area contributed by atoms with Crippen molar-refractivity contribution in [2.75, 3.05) is 31.1 Å². The van der Waals surface area contributed by atoms with Crippen LogP contribution in [0.25, 0.3) is 0 Å². The number of benzene rings is 1. The largest absolute Gasteiger partial charge is 0.369 e. The van der Waals surface area contributed by atoms with E-state index in [9.17, 15) is 8.42 Å². The van der Waals surface area contributed by atoms with E-state index < -0.39 is 10.0 Å². The fraction of sp³-hybridized carbons (Fsp3) is 0.444. The summed E-state index contributed by atoms with van der Waals surface area (Å²) in [4.78, 5) is 3.42. The SMILES string of the molecule is CCc1ccc(S(=O)(=O)N2CCN(c3ccccc3CC)CC2)s1. The first-order valence-electron chi connectivity index (χ1n) is 8.48. The van der Waals surface area contributed by atoms with Crippen molar-refractivity contribution in [3.63, 3.8) is 0 Å². The molecule has 0 radical (unpaired) electrons. The molecule has 2 aromatic rings. The summed E-state index contributed by atoms with van der Waals surface area (Å²) in [5.41, 5.74) is 2.56. The first kappa shape index (κ1) is 17.5. The van der Waals surface area contributed by atoms with Crippen molar-refractivity contribution >= 4 is 27.0 Å². The van der Waals surface area contributed by atoms with Gasteiger partial charge in [-0.1, -0.05) is 32.0 Å². The summed E-state index contributed by atoms with van der Waals surface area (Å²) in [5, 5.41) is 0. The van der Waals surface area contributed by atoms with E-state index in [0.29, 0.717) is 17.3 Å². The Morgan fingerprint density at radius 2 is 1.67 bits per heavy atom. The van der Waals surface area contributed by atoms with E-state index in [0.717, 1.165) is 30.8 Å². The highest BCUT2D eigenvalue weighted by atomic mass is 32.2. The molecule has 24 heavy (non-hydrogen) atoms. The maximum atomic E-state index is 12.8. The third-order valence-corrected chi connectivity index (χ3v) is 8.13. The summed E-state index contributed by atoms with van der Waals surface area (Å²) < 4.78 is 27.7. The van der Waals surface area contributed by atoms with Gasteiger partial charge in [0.2, 0.25) is 0 Å². The first-order valence-corrected chi connectivity index (χ1v) is 10.7. The summed E-state index contributed by atoms with van der Waals surface area (Å²) in [6, 6.07) is 12.1. The fourth-order valence-corrected chi connectivity index (χ4v) is 5.97. The summed E-state index contributed by atoms with van der Waals surface area (Å²) in [6.45, 7) is 6.76. The maximum Gasteiger partial charge on any atom is 0.252 e. The van der Waals surface area contributed by atoms with Crippen LogP contribution in [0.3, 0.4) is 0 Å². The number of thiophene rings is 1. The number of anilines is 1. The zero-order valence-corrected chi connectivity index (χ0v) is 15.9. The Hall–Kier alpha value is -1.37. The number of sulfonamides is 1. The number of nitrogens with zero attached hydrogens (tertiary/aromatic N) is 2. The molecule has 0 bridgehead atoms. The van der Waals surface area contributed by atoms with Crippen molar-refractivity contribution in [3.05, 3.63) is 46.8 Å². The van der Waals surface area contributed by atoms with Crippen molar-refractivity contribution in [3.8, 4) is 0 Å². The average molecular weight is 365 g/mol. The van der Waals surface area contributed by atoms with E-state index in [-0.39, 0.29) is 0 Å². The molecular weight excluding hydrogens is 340 g/mol. The molecule has 2 heterocycles. The standard InChI is InChI=1S/C18H24N2O2S2/c1-3-15-7-5-6-8-17(15)19-11-13-20(14-12-19)24(21,22)18-10-9-16(4-2)23-18/h5-10H,3-4,11-14H2,1-2H3. The Bertz CT molecular complexity index is 791. The number of para-hydroxylation sites is 1. The van der Waals surface area contributed by atoms with Crippen LogP contribution in [0, 0.1) is 0 Å². The second-order valence-corrected chi connectivity index (χ2v) is 9.28. The Morgan fingerprint density at radius 1 is 0.958 bits per heavy atom. The molecule has 1 aromatic heterocycles. The zero-order chi connectivity index (χ0) is 17.2. The van der Waals surface area contributed by atoms with Crippen LogP contribution in [0.2, 0.25) is 0 Å². The molecule has 6 heteroatoms. The Labute approximate surface area is 148 Å². The normalized spacial score (nSPS) is 16.5. The Morgan fingerprint density at radius 3 is 2.29 bits per heavy atom. The minimum atomic E-state index is -3.35. The summed E-state index contributed by atoms with van der Waals surface area (Å²) in [6.07, 6.45) is 1.87. The molecule has 0 aliphatic carbocycles. The molecule has 130 valence electrons. The molecular formula is C18H24N2O2S2. The fourth-order valence-electron chi connectivity index (χ4n) is 3.10. The number of rotatable bonds is 5. The Balaban J connectivity index is 1.72. The summed E-state index contributed by atoms with van der Waals surface area (Å²) in [7, 11) is -3.35. The first-order chi connectivity index (χ1) is 11.6. The monoisotopic (exact) mass is 364 g/mol. The number of hydrogen-bond acceptors (Lipinski definition) is 4. The molecule has 0 spiro atoms. The van der Waals surface area contributed by atoms with Crippen LogP contribution < -0.4 is 4.90 Å². The van der Waals surface area contributed by atoms with Gasteiger partial charge in [-0.3, -0.25) is 0 Å². The van der Waals surface area contributed by atoms with Gasteiger partial charge in [0, 0.05) is 36.7 Å². The third-order valence-electron chi connectivity index (χ3n) is 4.53. The lowest BCUT2D eigenvalue weighted by atomic mass is 10.1. The third kappa shape index (κ3) is 3.36. The van der Waals surface area contributed by atoms with Crippen LogP contribution >= 0.6 is 11.3 Å². The van der Waals surface area contributed by atoms with E-state index >= 15 is 0 Å². The van der Waals surface area contributed by atoms with E-state index in [4.69, 9.17) is 0 Å². The van der Waals surface area contributed by atoms with E-state index in [1.807, 2.05) is 13.0 Å². The quantitative estimate of drug-likeness (QED) is 0.817. The Kier molecular flexibility index (Phi) is 5.27. The molecule has 0 N–H and O–H groups in total. The van der Waals surface area contributed by atoms with Gasteiger partial charge in [-0.05, 0) is 36.6 Å². The smallest absolute Gasteiger partial charge is 0.252 e. The van der Waals surface area contributed by atoms with Crippen molar-refractivity contribution in [1.29, 1.82) is 0 Å². The van der Waals surface area contributed by atoms with Crippen LogP contribution in [0.5, 0.6) is 0 Å². The number of hydrogen-bond donors (Lipinski definition) is 0. The topological polar surface area (TPSA) is 40.6 Å². The molecule has 0 amide bonds. The van der Waals surface area contributed by atoms with Gasteiger partial charge >= 0.3 is 0 Å². The van der Waals surface area contributed by atoms with Crippen molar-refractivity contribution in [2.24, 2.45) is 0 Å². The molecule has 1 fully saturated rings. The molecule has 1 aromatic carbocycles. The minimum absolute atomic E-state index is 0.474. The van der Waals surface area contributed by atoms with Gasteiger partial charge in [0.05, 0.1) is 0 Å². The molecule has 4 nitrogen and oxygen atoms in total. The summed E-state index contributed by atoms with van der Waals surface area (Å²) >= 11 is 1.39. The minimum Gasteiger partial charge on any atom is -0.369 e. The zero-order valence-electron chi connectivity index (χ0n) is 14.2. The molecule has 1 aliphatic heterocycles.